The maximum absolute atomic E-state index is 12.2. The summed E-state index contributed by atoms with van der Waals surface area (Å²) in [5, 5.41) is 13.6. The summed E-state index contributed by atoms with van der Waals surface area (Å²) in [4.78, 5) is 34.7. The third kappa shape index (κ3) is 5.27. The Kier molecular flexibility index (Phi) is 6.48. The van der Waals surface area contributed by atoms with Crippen molar-refractivity contribution < 1.29 is 24.0 Å². The SMILES string of the molecule is COc1ccc(CNC(=O)[C@H](C)OC(=O)c2ccc(C)c([N+](=O)[O-])c2)cc1. The molecule has 27 heavy (non-hydrogen) atoms. The van der Waals surface area contributed by atoms with Gasteiger partial charge in [-0.25, -0.2) is 4.79 Å². The number of hydrogen-bond acceptors (Lipinski definition) is 6. The maximum Gasteiger partial charge on any atom is 0.339 e. The molecule has 0 saturated heterocycles. The van der Waals surface area contributed by atoms with Gasteiger partial charge in [-0.2, -0.15) is 0 Å². The van der Waals surface area contributed by atoms with Gasteiger partial charge in [0.2, 0.25) is 0 Å². The number of nitrogens with zero attached hydrogens (tertiary/aromatic N) is 1. The van der Waals surface area contributed by atoms with Gasteiger partial charge in [0.1, 0.15) is 5.75 Å². The number of nitro benzene ring substituents is 1. The molecule has 0 radical (unpaired) electrons. The fourth-order valence-electron chi connectivity index (χ4n) is 2.29. The summed E-state index contributed by atoms with van der Waals surface area (Å²) >= 11 is 0. The summed E-state index contributed by atoms with van der Waals surface area (Å²) < 4.78 is 10.2. The fraction of sp³-hybridized carbons (Fsp3) is 0.263. The Labute approximate surface area is 156 Å². The summed E-state index contributed by atoms with van der Waals surface area (Å²) in [7, 11) is 1.56. The van der Waals surface area contributed by atoms with Crippen LogP contribution in [0.25, 0.3) is 0 Å². The third-order valence-corrected chi connectivity index (χ3v) is 3.92. The van der Waals surface area contributed by atoms with Gasteiger partial charge in [-0.1, -0.05) is 18.2 Å². The number of nitrogens with one attached hydrogen (secondary N) is 1. The zero-order valence-electron chi connectivity index (χ0n) is 15.2. The van der Waals surface area contributed by atoms with E-state index in [1.165, 1.54) is 19.1 Å². The zero-order valence-corrected chi connectivity index (χ0v) is 15.2. The quantitative estimate of drug-likeness (QED) is 0.455. The molecule has 2 aromatic rings. The van der Waals surface area contributed by atoms with Gasteiger partial charge in [0.15, 0.2) is 6.10 Å². The van der Waals surface area contributed by atoms with Crippen LogP contribution in [0.15, 0.2) is 42.5 Å². The van der Waals surface area contributed by atoms with Crippen molar-refractivity contribution in [2.24, 2.45) is 0 Å². The van der Waals surface area contributed by atoms with Gasteiger partial charge in [-0.15, -0.1) is 0 Å². The average molecular weight is 372 g/mol. The average Bonchev–Trinajstić information content (AvgIpc) is 2.66. The zero-order chi connectivity index (χ0) is 20.0. The lowest BCUT2D eigenvalue weighted by molar-refractivity contribution is -0.385. The molecule has 2 aromatic carbocycles. The van der Waals surface area contributed by atoms with Crippen molar-refractivity contribution in [3.05, 3.63) is 69.3 Å². The van der Waals surface area contributed by atoms with E-state index >= 15 is 0 Å². The van der Waals surface area contributed by atoms with Crippen LogP contribution in [0.2, 0.25) is 0 Å². The second kappa shape index (κ2) is 8.79. The molecule has 0 spiro atoms. The Bertz CT molecular complexity index is 848. The van der Waals surface area contributed by atoms with Crippen molar-refractivity contribution in [1.82, 2.24) is 5.32 Å². The van der Waals surface area contributed by atoms with Crippen LogP contribution in [-0.4, -0.2) is 30.0 Å². The Morgan fingerprint density at radius 3 is 2.44 bits per heavy atom. The molecule has 142 valence electrons. The molecular formula is C19H20N2O6. The van der Waals surface area contributed by atoms with Crippen molar-refractivity contribution in [2.75, 3.05) is 7.11 Å². The van der Waals surface area contributed by atoms with Gasteiger partial charge in [-0.3, -0.25) is 14.9 Å². The van der Waals surface area contributed by atoms with Gasteiger partial charge in [0, 0.05) is 18.2 Å². The molecule has 0 aliphatic carbocycles. The van der Waals surface area contributed by atoms with Gasteiger partial charge in [-0.05, 0) is 37.6 Å². The second-order valence-corrected chi connectivity index (χ2v) is 5.87. The van der Waals surface area contributed by atoms with E-state index in [0.717, 1.165) is 11.6 Å². The maximum atomic E-state index is 12.2. The summed E-state index contributed by atoms with van der Waals surface area (Å²) in [6.45, 7) is 3.27. The highest BCUT2D eigenvalue weighted by Crippen LogP contribution is 2.20. The topological polar surface area (TPSA) is 108 Å². The number of benzene rings is 2. The molecule has 2 rings (SSSR count). The molecule has 0 saturated carbocycles. The molecule has 0 heterocycles. The molecule has 0 fully saturated rings. The van der Waals surface area contributed by atoms with Crippen LogP contribution in [-0.2, 0) is 16.1 Å². The second-order valence-electron chi connectivity index (χ2n) is 5.87. The van der Waals surface area contributed by atoms with Crippen molar-refractivity contribution in [1.29, 1.82) is 0 Å². The molecule has 1 amide bonds. The number of ether oxygens (including phenoxy) is 2. The third-order valence-electron chi connectivity index (χ3n) is 3.92. The minimum atomic E-state index is -1.05. The van der Waals surface area contributed by atoms with Crippen LogP contribution < -0.4 is 10.1 Å². The Morgan fingerprint density at radius 1 is 1.19 bits per heavy atom. The van der Waals surface area contributed by atoms with E-state index in [1.807, 2.05) is 0 Å². The lowest BCUT2D eigenvalue weighted by atomic mass is 10.1. The van der Waals surface area contributed by atoms with E-state index in [2.05, 4.69) is 5.32 Å². The number of amides is 1. The fourth-order valence-corrected chi connectivity index (χ4v) is 2.29. The first-order valence-electron chi connectivity index (χ1n) is 8.18. The summed E-state index contributed by atoms with van der Waals surface area (Å²) in [6, 6.07) is 11.2. The standard InChI is InChI=1S/C19H20N2O6/c1-12-4-7-15(10-17(12)21(24)25)19(23)27-13(2)18(22)20-11-14-5-8-16(26-3)9-6-14/h4-10,13H,11H2,1-3H3,(H,20,22)/t13-/m0/s1. The summed E-state index contributed by atoms with van der Waals surface area (Å²) in [5.41, 5.74) is 1.13. The molecule has 1 N–H and O–H groups in total. The van der Waals surface area contributed by atoms with E-state index < -0.39 is 22.9 Å². The number of carbonyl (C=O) groups is 2. The molecular weight excluding hydrogens is 352 g/mol. The van der Waals surface area contributed by atoms with Gasteiger partial charge in [0.05, 0.1) is 17.6 Å². The first kappa shape index (κ1) is 19.9. The molecule has 8 nitrogen and oxygen atoms in total. The predicted octanol–water partition coefficient (Wildman–Crippen LogP) is 2.77. The Morgan fingerprint density at radius 2 is 1.85 bits per heavy atom. The van der Waals surface area contributed by atoms with Crippen LogP contribution in [0.5, 0.6) is 5.75 Å². The molecule has 0 aliphatic rings. The highest BCUT2D eigenvalue weighted by molar-refractivity contribution is 5.92. The first-order chi connectivity index (χ1) is 12.8. The lowest BCUT2D eigenvalue weighted by Gasteiger charge is -2.14. The molecule has 0 aromatic heterocycles. The van der Waals surface area contributed by atoms with Gasteiger partial charge < -0.3 is 14.8 Å². The van der Waals surface area contributed by atoms with Crippen molar-refractivity contribution >= 4 is 17.6 Å². The van der Waals surface area contributed by atoms with E-state index in [1.54, 1.807) is 38.3 Å². The first-order valence-corrected chi connectivity index (χ1v) is 8.18. The van der Waals surface area contributed by atoms with Crippen LogP contribution >= 0.6 is 0 Å². The van der Waals surface area contributed by atoms with Crippen molar-refractivity contribution in [3.8, 4) is 5.75 Å². The molecule has 0 bridgehead atoms. The largest absolute Gasteiger partial charge is 0.497 e. The highest BCUT2D eigenvalue weighted by Gasteiger charge is 2.21. The number of carbonyl (C=O) groups excluding carboxylic acids is 2. The van der Waals surface area contributed by atoms with Crippen LogP contribution in [0.3, 0.4) is 0 Å². The van der Waals surface area contributed by atoms with E-state index in [4.69, 9.17) is 9.47 Å². The Balaban J connectivity index is 1.94. The van der Waals surface area contributed by atoms with Crippen LogP contribution in [0.4, 0.5) is 5.69 Å². The Hall–Kier alpha value is -3.42. The number of nitro groups is 1. The number of aryl methyl sites for hydroxylation is 1. The number of rotatable bonds is 7. The molecule has 0 unspecified atom stereocenters. The highest BCUT2D eigenvalue weighted by atomic mass is 16.6. The monoisotopic (exact) mass is 372 g/mol. The lowest BCUT2D eigenvalue weighted by Crippen LogP contribution is -2.35. The van der Waals surface area contributed by atoms with Crippen LogP contribution in [0.1, 0.15) is 28.4 Å². The van der Waals surface area contributed by atoms with E-state index in [-0.39, 0.29) is 17.8 Å². The predicted molar refractivity (Wildman–Crippen MR) is 97.6 cm³/mol. The van der Waals surface area contributed by atoms with E-state index in [0.29, 0.717) is 11.3 Å². The van der Waals surface area contributed by atoms with Crippen LogP contribution in [0, 0.1) is 17.0 Å². The minimum absolute atomic E-state index is 0.0158. The van der Waals surface area contributed by atoms with E-state index in [9.17, 15) is 19.7 Å². The van der Waals surface area contributed by atoms with Gasteiger partial charge in [0.25, 0.3) is 11.6 Å². The summed E-state index contributed by atoms with van der Waals surface area (Å²) in [6.07, 6.45) is -1.05. The number of hydrogen-bond donors (Lipinski definition) is 1. The molecule has 0 aliphatic heterocycles. The molecule has 8 heteroatoms. The number of esters is 1. The number of methoxy groups -OCH3 is 1. The van der Waals surface area contributed by atoms with Crippen molar-refractivity contribution in [2.45, 2.75) is 26.5 Å². The van der Waals surface area contributed by atoms with Gasteiger partial charge >= 0.3 is 5.97 Å². The smallest absolute Gasteiger partial charge is 0.339 e. The van der Waals surface area contributed by atoms with Crippen molar-refractivity contribution in [3.63, 3.8) is 0 Å². The molecule has 1 atom stereocenters. The minimum Gasteiger partial charge on any atom is -0.497 e. The normalized spacial score (nSPS) is 11.4. The summed E-state index contributed by atoms with van der Waals surface area (Å²) in [5.74, 6) is -0.564.